The minimum atomic E-state index is -4.49. The highest BCUT2D eigenvalue weighted by Gasteiger charge is 2.36. The quantitative estimate of drug-likeness (QED) is 0.510. The van der Waals surface area contributed by atoms with Crippen LogP contribution in [0.2, 0.25) is 5.02 Å². The lowest BCUT2D eigenvalue weighted by atomic mass is 10.1. The number of alkyl halides is 3. The van der Waals surface area contributed by atoms with Crippen molar-refractivity contribution in [2.24, 2.45) is 0 Å². The van der Waals surface area contributed by atoms with Crippen LogP contribution in [0, 0.1) is 0 Å². The molecule has 2 aromatic carbocycles. The van der Waals surface area contributed by atoms with Crippen LogP contribution in [-0.2, 0) is 17.5 Å². The number of benzene rings is 2. The molecule has 3 nitrogen and oxygen atoms in total. The first-order chi connectivity index (χ1) is 12.8. The van der Waals surface area contributed by atoms with E-state index >= 15 is 0 Å². The summed E-state index contributed by atoms with van der Waals surface area (Å²) in [7, 11) is 0. The minimum Gasteiger partial charge on any atom is -0.444 e. The zero-order valence-corrected chi connectivity index (χ0v) is 15.3. The molecule has 3 aromatic rings. The molecule has 0 aliphatic heterocycles. The molecule has 1 amide bonds. The highest BCUT2D eigenvalue weighted by atomic mass is 35.5. The molecule has 0 aliphatic carbocycles. The summed E-state index contributed by atoms with van der Waals surface area (Å²) < 4.78 is 45.1. The van der Waals surface area contributed by atoms with Crippen molar-refractivity contribution in [3.63, 3.8) is 0 Å². The van der Waals surface area contributed by atoms with E-state index in [9.17, 15) is 18.0 Å². The van der Waals surface area contributed by atoms with Gasteiger partial charge >= 0.3 is 12.3 Å². The summed E-state index contributed by atoms with van der Waals surface area (Å²) in [6, 6.07) is 16.0. The maximum atomic E-state index is 13.3. The van der Waals surface area contributed by atoms with Gasteiger partial charge in [-0.3, -0.25) is 5.32 Å². The molecule has 140 valence electrons. The lowest BCUT2D eigenvalue weighted by molar-refractivity contribution is -0.133. The Hall–Kier alpha value is -2.51. The predicted octanol–water partition coefficient (Wildman–Crippen LogP) is 6.84. The minimum absolute atomic E-state index is 0.0739. The second-order valence-electron chi connectivity index (χ2n) is 5.53. The number of nitrogens with one attached hydrogen (secondary N) is 1. The van der Waals surface area contributed by atoms with Gasteiger partial charge < -0.3 is 4.74 Å². The molecule has 0 saturated carbocycles. The average Bonchev–Trinajstić information content (AvgIpc) is 3.08. The Bertz CT molecular complexity index is 924. The average molecular weight is 412 g/mol. The third-order valence-corrected chi connectivity index (χ3v) is 4.97. The molecule has 0 radical (unpaired) electrons. The summed E-state index contributed by atoms with van der Waals surface area (Å²) in [6.07, 6.45) is -5.25. The van der Waals surface area contributed by atoms with E-state index in [-0.39, 0.29) is 12.2 Å². The summed E-state index contributed by atoms with van der Waals surface area (Å²) in [5.41, 5.74) is 0.999. The van der Waals surface area contributed by atoms with Crippen molar-refractivity contribution in [2.75, 3.05) is 5.32 Å². The van der Waals surface area contributed by atoms with Gasteiger partial charge in [-0.05, 0) is 35.9 Å². The predicted molar refractivity (Wildman–Crippen MR) is 100 cm³/mol. The van der Waals surface area contributed by atoms with E-state index in [0.717, 1.165) is 0 Å². The van der Waals surface area contributed by atoms with Gasteiger partial charge in [-0.25, -0.2) is 4.79 Å². The fourth-order valence-electron chi connectivity index (χ4n) is 2.38. The van der Waals surface area contributed by atoms with Crippen molar-refractivity contribution in [1.29, 1.82) is 0 Å². The van der Waals surface area contributed by atoms with Gasteiger partial charge in [0.1, 0.15) is 11.5 Å². The van der Waals surface area contributed by atoms with Crippen LogP contribution in [0.4, 0.5) is 23.7 Å². The van der Waals surface area contributed by atoms with E-state index in [4.69, 9.17) is 16.3 Å². The maximum absolute atomic E-state index is 13.3. The smallest absolute Gasteiger partial charge is 0.426 e. The Morgan fingerprint density at radius 2 is 1.74 bits per heavy atom. The zero-order chi connectivity index (χ0) is 19.4. The molecule has 0 saturated heterocycles. The van der Waals surface area contributed by atoms with Gasteiger partial charge in [-0.15, -0.1) is 11.3 Å². The van der Waals surface area contributed by atoms with Crippen LogP contribution in [0.1, 0.15) is 9.75 Å². The number of hydrogen-bond donors (Lipinski definition) is 1. The van der Waals surface area contributed by atoms with Gasteiger partial charge in [0.2, 0.25) is 0 Å². The fraction of sp³-hybridized carbons (Fsp3) is 0.105. The first-order valence-corrected chi connectivity index (χ1v) is 8.97. The second kappa shape index (κ2) is 8.02. The highest BCUT2D eigenvalue weighted by molar-refractivity contribution is 7.12. The summed E-state index contributed by atoms with van der Waals surface area (Å²) in [4.78, 5) is 11.4. The van der Waals surface area contributed by atoms with Crippen LogP contribution < -0.4 is 5.32 Å². The first kappa shape index (κ1) is 19.3. The zero-order valence-electron chi connectivity index (χ0n) is 13.7. The van der Waals surface area contributed by atoms with Crippen LogP contribution in [0.15, 0.2) is 60.7 Å². The summed E-state index contributed by atoms with van der Waals surface area (Å²) in [5.74, 6) is 0. The van der Waals surface area contributed by atoms with Crippen LogP contribution in [0.5, 0.6) is 0 Å². The lowest BCUT2D eigenvalue weighted by Gasteiger charge is -2.07. The van der Waals surface area contributed by atoms with Crippen LogP contribution in [0.3, 0.4) is 0 Å². The van der Waals surface area contributed by atoms with E-state index in [1.807, 2.05) is 0 Å². The molecule has 8 heteroatoms. The van der Waals surface area contributed by atoms with Crippen molar-refractivity contribution >= 4 is 34.7 Å². The summed E-state index contributed by atoms with van der Waals surface area (Å²) >= 11 is 6.32. The van der Waals surface area contributed by atoms with Crippen molar-refractivity contribution in [3.05, 3.63) is 75.4 Å². The molecule has 27 heavy (non-hydrogen) atoms. The van der Waals surface area contributed by atoms with Crippen LogP contribution in [-0.4, -0.2) is 6.09 Å². The normalized spacial score (nSPS) is 11.3. The number of halogens is 4. The Morgan fingerprint density at radius 3 is 2.37 bits per heavy atom. The summed E-state index contributed by atoms with van der Waals surface area (Å²) in [5, 5.41) is 3.00. The number of rotatable bonds is 4. The standard InChI is InChI=1S/C19H13ClF3NO2S/c20-13-6-8-14(9-7-13)24-18(25)26-11-15-10-16(12-4-2-1-3-5-12)17(27-15)19(21,22)23/h1-10H,11H2,(H,24,25). The third kappa shape index (κ3) is 5.02. The number of carbonyl (C=O) groups is 1. The molecule has 3 rings (SSSR count). The Labute approximate surface area is 162 Å². The van der Waals surface area contributed by atoms with Gasteiger partial charge in [-0.2, -0.15) is 13.2 Å². The van der Waals surface area contributed by atoms with Crippen molar-refractivity contribution < 1.29 is 22.7 Å². The first-order valence-electron chi connectivity index (χ1n) is 7.77. The fourth-order valence-corrected chi connectivity index (χ4v) is 3.47. The molecule has 1 aromatic heterocycles. The van der Waals surface area contributed by atoms with Crippen molar-refractivity contribution in [3.8, 4) is 11.1 Å². The van der Waals surface area contributed by atoms with Gasteiger partial charge in [0.05, 0.1) is 0 Å². The Kier molecular flexibility index (Phi) is 5.72. The number of ether oxygens (including phenoxy) is 1. The van der Waals surface area contributed by atoms with Gasteiger partial charge in [0.25, 0.3) is 0 Å². The van der Waals surface area contributed by atoms with Crippen molar-refractivity contribution in [2.45, 2.75) is 12.8 Å². The maximum Gasteiger partial charge on any atom is 0.426 e. The highest BCUT2D eigenvalue weighted by Crippen LogP contribution is 2.42. The molecule has 0 unspecified atom stereocenters. The van der Waals surface area contributed by atoms with Crippen LogP contribution >= 0.6 is 22.9 Å². The number of thiophene rings is 1. The van der Waals surface area contributed by atoms with Gasteiger partial charge in [0, 0.05) is 21.2 Å². The second-order valence-corrected chi connectivity index (χ2v) is 7.10. The van der Waals surface area contributed by atoms with Crippen LogP contribution in [0.25, 0.3) is 11.1 Å². The Balaban J connectivity index is 1.72. The van der Waals surface area contributed by atoms with E-state index in [0.29, 0.717) is 32.5 Å². The molecular weight excluding hydrogens is 399 g/mol. The molecule has 0 bridgehead atoms. The number of amides is 1. The van der Waals surface area contributed by atoms with E-state index < -0.39 is 17.1 Å². The lowest BCUT2D eigenvalue weighted by Crippen LogP contribution is -2.13. The number of carbonyl (C=O) groups excluding carboxylic acids is 1. The monoisotopic (exact) mass is 411 g/mol. The molecule has 1 heterocycles. The summed E-state index contributed by atoms with van der Waals surface area (Å²) in [6.45, 7) is -0.264. The Morgan fingerprint density at radius 1 is 1.07 bits per heavy atom. The molecule has 0 fully saturated rings. The molecule has 0 atom stereocenters. The molecule has 0 aliphatic rings. The topological polar surface area (TPSA) is 38.3 Å². The molecule has 0 spiro atoms. The van der Waals surface area contributed by atoms with E-state index in [1.54, 1.807) is 54.6 Å². The third-order valence-electron chi connectivity index (χ3n) is 3.56. The van der Waals surface area contributed by atoms with Gasteiger partial charge in [-0.1, -0.05) is 41.9 Å². The largest absolute Gasteiger partial charge is 0.444 e. The number of anilines is 1. The van der Waals surface area contributed by atoms with E-state index in [1.165, 1.54) is 6.07 Å². The van der Waals surface area contributed by atoms with Crippen molar-refractivity contribution in [1.82, 2.24) is 0 Å². The number of hydrogen-bond acceptors (Lipinski definition) is 3. The SMILES string of the molecule is O=C(Nc1ccc(Cl)cc1)OCc1cc(-c2ccccc2)c(C(F)(F)F)s1. The van der Waals surface area contributed by atoms with Gasteiger partial charge in [0.15, 0.2) is 0 Å². The molecule has 1 N–H and O–H groups in total. The van der Waals surface area contributed by atoms with E-state index in [2.05, 4.69) is 5.32 Å². The molecular formula is C19H13ClF3NO2S.